The fourth-order valence-corrected chi connectivity index (χ4v) is 1.89. The van der Waals surface area contributed by atoms with Crippen LogP contribution in [0.25, 0.3) is 0 Å². The molecule has 3 heteroatoms. The molecular weight excluding hydrogens is 130 g/mol. The Morgan fingerprint density at radius 1 is 1.70 bits per heavy atom. The number of hydrogen-bond donors (Lipinski definition) is 2. The summed E-state index contributed by atoms with van der Waals surface area (Å²) in [4.78, 5) is 10.7. The van der Waals surface area contributed by atoms with Crippen LogP contribution in [-0.4, -0.2) is 23.2 Å². The van der Waals surface area contributed by atoms with Crippen LogP contribution >= 0.6 is 0 Å². The first-order valence-electron chi connectivity index (χ1n) is 3.74. The number of carboxylic acids is 1. The second-order valence-corrected chi connectivity index (χ2v) is 3.25. The van der Waals surface area contributed by atoms with Crippen LogP contribution in [0.5, 0.6) is 0 Å². The largest absolute Gasteiger partial charge is 0.480 e. The molecule has 2 N–H and O–H groups in total. The van der Waals surface area contributed by atoms with Crippen LogP contribution in [0.1, 0.15) is 19.3 Å². The zero-order valence-electron chi connectivity index (χ0n) is 5.76. The third kappa shape index (κ3) is 0.611. The van der Waals surface area contributed by atoms with E-state index in [1.165, 1.54) is 0 Å². The first-order chi connectivity index (χ1) is 4.76. The molecule has 0 radical (unpaired) electrons. The van der Waals surface area contributed by atoms with Crippen molar-refractivity contribution in [2.75, 3.05) is 6.54 Å². The number of piperidine rings is 1. The van der Waals surface area contributed by atoms with Crippen molar-refractivity contribution >= 4 is 5.97 Å². The molecule has 2 aliphatic rings. The number of carboxylic acid groups (broad SMARTS) is 1. The molecule has 1 saturated heterocycles. The molecule has 0 aromatic heterocycles. The van der Waals surface area contributed by atoms with Crippen molar-refractivity contribution < 1.29 is 9.90 Å². The summed E-state index contributed by atoms with van der Waals surface area (Å²) < 4.78 is 0. The number of nitrogens with one attached hydrogen (secondary N) is 1. The standard InChI is InChI=1S/C7H11NO2/c9-6(10)7-4-5(7)2-1-3-8-7/h5,8H,1-4H2,(H,9,10)/t5-,7+/m0/s1. The number of hydrogen-bond acceptors (Lipinski definition) is 2. The van der Waals surface area contributed by atoms with Crippen molar-refractivity contribution in [3.8, 4) is 0 Å². The summed E-state index contributed by atoms with van der Waals surface area (Å²) >= 11 is 0. The van der Waals surface area contributed by atoms with E-state index < -0.39 is 11.5 Å². The van der Waals surface area contributed by atoms with Crippen LogP contribution in [0.2, 0.25) is 0 Å². The molecule has 1 aliphatic heterocycles. The quantitative estimate of drug-likeness (QED) is 0.549. The van der Waals surface area contributed by atoms with Crippen molar-refractivity contribution in [1.29, 1.82) is 0 Å². The van der Waals surface area contributed by atoms with Crippen LogP contribution in [0.3, 0.4) is 0 Å². The van der Waals surface area contributed by atoms with Crippen molar-refractivity contribution in [1.82, 2.24) is 5.32 Å². The maximum absolute atomic E-state index is 10.7. The first kappa shape index (κ1) is 6.16. The highest BCUT2D eigenvalue weighted by atomic mass is 16.4. The van der Waals surface area contributed by atoms with Gasteiger partial charge in [-0.05, 0) is 31.7 Å². The molecule has 10 heavy (non-hydrogen) atoms. The summed E-state index contributed by atoms with van der Waals surface area (Å²) in [6, 6.07) is 0. The Balaban J connectivity index is 2.12. The van der Waals surface area contributed by atoms with Gasteiger partial charge in [0.25, 0.3) is 0 Å². The number of aliphatic carboxylic acids is 1. The summed E-state index contributed by atoms with van der Waals surface area (Å²) in [6.45, 7) is 0.878. The molecule has 2 rings (SSSR count). The summed E-state index contributed by atoms with van der Waals surface area (Å²) in [7, 11) is 0. The van der Waals surface area contributed by atoms with Gasteiger partial charge in [0.05, 0.1) is 0 Å². The zero-order chi connectivity index (χ0) is 7.19. The highest BCUT2D eigenvalue weighted by molar-refractivity contribution is 5.83. The van der Waals surface area contributed by atoms with E-state index >= 15 is 0 Å². The van der Waals surface area contributed by atoms with Gasteiger partial charge in [-0.25, -0.2) is 0 Å². The SMILES string of the molecule is O=C(O)[C@@]12C[C@@H]1CCCN2. The Morgan fingerprint density at radius 3 is 3.00 bits per heavy atom. The average Bonchev–Trinajstić information content (AvgIpc) is 2.61. The van der Waals surface area contributed by atoms with Crippen molar-refractivity contribution in [2.24, 2.45) is 5.92 Å². The van der Waals surface area contributed by atoms with Crippen molar-refractivity contribution in [3.63, 3.8) is 0 Å². The molecule has 56 valence electrons. The molecule has 2 fully saturated rings. The summed E-state index contributed by atoms with van der Waals surface area (Å²) in [5, 5.41) is 11.8. The fraction of sp³-hybridized carbons (Fsp3) is 0.857. The third-order valence-electron chi connectivity index (χ3n) is 2.66. The van der Waals surface area contributed by atoms with Gasteiger partial charge in [0.1, 0.15) is 5.54 Å². The summed E-state index contributed by atoms with van der Waals surface area (Å²) in [5.41, 5.74) is -0.488. The number of rotatable bonds is 1. The minimum Gasteiger partial charge on any atom is -0.480 e. The van der Waals surface area contributed by atoms with Crippen LogP contribution in [0, 0.1) is 5.92 Å². The Morgan fingerprint density at radius 2 is 2.50 bits per heavy atom. The maximum atomic E-state index is 10.7. The Labute approximate surface area is 59.4 Å². The Bertz CT molecular complexity index is 180. The van der Waals surface area contributed by atoms with Gasteiger partial charge in [-0.15, -0.1) is 0 Å². The third-order valence-corrected chi connectivity index (χ3v) is 2.66. The van der Waals surface area contributed by atoms with Crippen molar-refractivity contribution in [2.45, 2.75) is 24.8 Å². The lowest BCUT2D eigenvalue weighted by Gasteiger charge is -2.18. The van der Waals surface area contributed by atoms with Gasteiger partial charge in [-0.1, -0.05) is 0 Å². The van der Waals surface area contributed by atoms with Gasteiger partial charge in [0.15, 0.2) is 0 Å². The van der Waals surface area contributed by atoms with Gasteiger partial charge in [0, 0.05) is 0 Å². The maximum Gasteiger partial charge on any atom is 0.324 e. The molecule has 1 saturated carbocycles. The molecule has 0 unspecified atom stereocenters. The second kappa shape index (κ2) is 1.72. The second-order valence-electron chi connectivity index (χ2n) is 3.25. The normalized spacial score (nSPS) is 44.2. The van der Waals surface area contributed by atoms with Gasteiger partial charge in [-0.3, -0.25) is 4.79 Å². The highest BCUT2D eigenvalue weighted by Crippen LogP contribution is 2.48. The van der Waals surface area contributed by atoms with Gasteiger partial charge in [-0.2, -0.15) is 0 Å². The Kier molecular flexibility index (Phi) is 1.06. The van der Waals surface area contributed by atoms with Crippen LogP contribution in [0.4, 0.5) is 0 Å². The average molecular weight is 141 g/mol. The lowest BCUT2D eigenvalue weighted by atomic mass is 10.1. The smallest absolute Gasteiger partial charge is 0.324 e. The van der Waals surface area contributed by atoms with Crippen LogP contribution in [-0.2, 0) is 4.79 Å². The topological polar surface area (TPSA) is 49.3 Å². The molecule has 0 spiro atoms. The lowest BCUT2D eigenvalue weighted by molar-refractivity contribution is -0.141. The van der Waals surface area contributed by atoms with Crippen molar-refractivity contribution in [3.05, 3.63) is 0 Å². The van der Waals surface area contributed by atoms with E-state index in [0.717, 1.165) is 25.8 Å². The first-order valence-corrected chi connectivity index (χ1v) is 3.74. The highest BCUT2D eigenvalue weighted by Gasteiger charge is 2.60. The van der Waals surface area contributed by atoms with E-state index in [9.17, 15) is 4.79 Å². The van der Waals surface area contributed by atoms with Gasteiger partial charge < -0.3 is 10.4 Å². The van der Waals surface area contributed by atoms with Crippen LogP contribution in [0.15, 0.2) is 0 Å². The minimum atomic E-state index is -0.655. The van der Waals surface area contributed by atoms with E-state index in [4.69, 9.17) is 5.11 Å². The predicted octanol–water partition coefficient (Wildman–Crippen LogP) is 0.213. The Hall–Kier alpha value is -0.570. The lowest BCUT2D eigenvalue weighted by Crippen LogP contribution is -2.44. The minimum absolute atomic E-state index is 0.429. The molecule has 1 aliphatic carbocycles. The molecular formula is C7H11NO2. The predicted molar refractivity (Wildman–Crippen MR) is 35.7 cm³/mol. The molecule has 0 bridgehead atoms. The van der Waals surface area contributed by atoms with E-state index in [2.05, 4.69) is 5.32 Å². The van der Waals surface area contributed by atoms with Gasteiger partial charge >= 0.3 is 5.97 Å². The van der Waals surface area contributed by atoms with Gasteiger partial charge in [0.2, 0.25) is 0 Å². The number of carbonyl (C=O) groups is 1. The number of fused-ring (bicyclic) bond motifs is 1. The van der Waals surface area contributed by atoms with E-state index in [1.54, 1.807) is 0 Å². The zero-order valence-corrected chi connectivity index (χ0v) is 5.76. The molecule has 0 aromatic carbocycles. The van der Waals surface area contributed by atoms with E-state index in [1.807, 2.05) is 0 Å². The molecule has 0 aromatic rings. The fourth-order valence-electron chi connectivity index (χ4n) is 1.89. The van der Waals surface area contributed by atoms with E-state index in [-0.39, 0.29) is 0 Å². The van der Waals surface area contributed by atoms with E-state index in [0.29, 0.717) is 5.92 Å². The molecule has 0 amide bonds. The van der Waals surface area contributed by atoms with Crippen LogP contribution < -0.4 is 5.32 Å². The molecule has 1 heterocycles. The monoisotopic (exact) mass is 141 g/mol. The summed E-state index contributed by atoms with van der Waals surface area (Å²) in [6.07, 6.45) is 3.08. The molecule has 2 atom stereocenters. The molecule has 3 nitrogen and oxygen atoms in total. The summed E-state index contributed by atoms with van der Waals surface area (Å²) in [5.74, 6) is -0.226.